The van der Waals surface area contributed by atoms with E-state index in [1.807, 2.05) is 0 Å². The maximum atomic E-state index is 13.7. The average Bonchev–Trinajstić information content (AvgIpc) is 2.98. The predicted molar refractivity (Wildman–Crippen MR) is 137 cm³/mol. The molecule has 1 aliphatic heterocycles. The monoisotopic (exact) mass is 515 g/mol. The van der Waals surface area contributed by atoms with Gasteiger partial charge in [-0.2, -0.15) is 0 Å². The second-order valence-electron chi connectivity index (χ2n) is 11.1. The number of benzene rings is 1. The molecule has 1 N–H and O–H groups in total. The largest absolute Gasteiger partial charge is 0.480 e. The summed E-state index contributed by atoms with van der Waals surface area (Å²) in [5, 5.41) is 9.44. The zero-order valence-corrected chi connectivity index (χ0v) is 22.3. The van der Waals surface area contributed by atoms with E-state index in [0.717, 1.165) is 50.0 Å². The van der Waals surface area contributed by atoms with Gasteiger partial charge in [0.25, 0.3) is 0 Å². The maximum Gasteiger partial charge on any atom is 0.323 e. The van der Waals surface area contributed by atoms with Gasteiger partial charge in [0, 0.05) is 35.7 Å². The Morgan fingerprint density at radius 1 is 1.14 bits per heavy atom. The molecule has 1 saturated heterocycles. The van der Waals surface area contributed by atoms with Crippen molar-refractivity contribution in [3.63, 3.8) is 0 Å². The van der Waals surface area contributed by atoms with Gasteiger partial charge in [-0.25, -0.2) is 8.42 Å². The number of aliphatic carboxylic acids is 1. The van der Waals surface area contributed by atoms with Crippen molar-refractivity contribution in [2.45, 2.75) is 77.2 Å². The van der Waals surface area contributed by atoms with Crippen LogP contribution in [0.25, 0.3) is 0 Å². The first kappa shape index (κ1) is 26.6. The molecule has 0 bridgehead atoms. The number of rotatable bonds is 8. The molecule has 36 heavy (non-hydrogen) atoms. The molecule has 1 aromatic carbocycles. The lowest BCUT2D eigenvalue weighted by atomic mass is 9.75. The van der Waals surface area contributed by atoms with Gasteiger partial charge in [0.05, 0.1) is 10.6 Å². The van der Waals surface area contributed by atoms with E-state index < -0.39 is 15.8 Å². The van der Waals surface area contributed by atoms with Gasteiger partial charge in [-0.05, 0) is 93.0 Å². The number of aromatic nitrogens is 1. The molecule has 1 aromatic heterocycles. The topological polar surface area (TPSA) is 103 Å². The van der Waals surface area contributed by atoms with E-state index in [1.54, 1.807) is 23.6 Å². The average molecular weight is 516 g/mol. The molecule has 1 aliphatic carbocycles. The van der Waals surface area contributed by atoms with Gasteiger partial charge in [-0.3, -0.25) is 9.59 Å². The van der Waals surface area contributed by atoms with Gasteiger partial charge in [-0.15, -0.1) is 0 Å². The van der Waals surface area contributed by atoms with E-state index in [1.165, 1.54) is 12.1 Å². The van der Waals surface area contributed by atoms with E-state index in [4.69, 9.17) is 4.74 Å². The van der Waals surface area contributed by atoms with Crippen LogP contribution in [0.1, 0.15) is 78.8 Å². The summed E-state index contributed by atoms with van der Waals surface area (Å²) in [5.74, 6) is -0.680. The third-order valence-electron chi connectivity index (χ3n) is 7.80. The Bertz CT molecular complexity index is 1230. The summed E-state index contributed by atoms with van der Waals surface area (Å²) in [5.41, 5.74) is 3.52. The highest BCUT2D eigenvalue weighted by Crippen LogP contribution is 2.39. The van der Waals surface area contributed by atoms with Gasteiger partial charge < -0.3 is 14.4 Å². The number of nitrogens with zero attached hydrogens (tertiary/aromatic N) is 1. The van der Waals surface area contributed by atoms with Gasteiger partial charge in [0.1, 0.15) is 6.54 Å². The van der Waals surface area contributed by atoms with Crippen LogP contribution < -0.4 is 0 Å². The zero-order valence-electron chi connectivity index (χ0n) is 21.5. The number of fused-ring (bicyclic) bond motifs is 1. The fraction of sp³-hybridized carbons (Fsp3) is 0.571. The lowest BCUT2D eigenvalue weighted by molar-refractivity contribution is -0.137. The van der Waals surface area contributed by atoms with Crippen LogP contribution in [0.3, 0.4) is 0 Å². The van der Waals surface area contributed by atoms with Crippen molar-refractivity contribution in [1.29, 1.82) is 0 Å². The number of hydrogen-bond acceptors (Lipinski definition) is 5. The molecule has 2 heterocycles. The van der Waals surface area contributed by atoms with Gasteiger partial charge in [0.2, 0.25) is 0 Å². The van der Waals surface area contributed by atoms with Crippen LogP contribution in [-0.4, -0.2) is 48.8 Å². The molecule has 2 aromatic rings. The molecule has 0 spiro atoms. The Kier molecular flexibility index (Phi) is 7.76. The van der Waals surface area contributed by atoms with E-state index in [0.29, 0.717) is 42.2 Å². The molecule has 0 radical (unpaired) electrons. The Hall–Kier alpha value is -2.45. The molecule has 4 rings (SSSR count). The summed E-state index contributed by atoms with van der Waals surface area (Å²) in [6.45, 7) is 7.39. The van der Waals surface area contributed by atoms with E-state index in [2.05, 4.69) is 13.8 Å². The summed E-state index contributed by atoms with van der Waals surface area (Å²) >= 11 is 0. The molecular formula is C28H37NO6S. The highest BCUT2D eigenvalue weighted by atomic mass is 32.2. The first-order valence-corrected chi connectivity index (χ1v) is 14.5. The fourth-order valence-electron chi connectivity index (χ4n) is 5.67. The first-order valence-electron chi connectivity index (χ1n) is 12.9. The number of ether oxygens (including phenoxy) is 1. The summed E-state index contributed by atoms with van der Waals surface area (Å²) in [4.78, 5) is 25.4. The Balaban J connectivity index is 1.57. The lowest BCUT2D eigenvalue weighted by Gasteiger charge is -2.30. The number of carboxylic acids is 1. The van der Waals surface area contributed by atoms with Crippen molar-refractivity contribution < 1.29 is 27.9 Å². The van der Waals surface area contributed by atoms with E-state index in [-0.39, 0.29) is 28.4 Å². The summed E-state index contributed by atoms with van der Waals surface area (Å²) in [6, 6.07) is 6.23. The molecule has 1 atom stereocenters. The molecule has 2 aliphatic rings. The lowest BCUT2D eigenvalue weighted by Crippen LogP contribution is -2.24. The van der Waals surface area contributed by atoms with Crippen molar-refractivity contribution in [3.8, 4) is 0 Å². The molecule has 1 fully saturated rings. The summed E-state index contributed by atoms with van der Waals surface area (Å²) in [7, 11) is -3.45. The van der Waals surface area contributed by atoms with Gasteiger partial charge >= 0.3 is 5.97 Å². The highest BCUT2D eigenvalue weighted by Gasteiger charge is 2.34. The fourth-order valence-corrected chi connectivity index (χ4v) is 7.10. The Morgan fingerprint density at radius 2 is 1.86 bits per heavy atom. The molecule has 8 heteroatoms. The minimum atomic E-state index is -3.45. The summed E-state index contributed by atoms with van der Waals surface area (Å²) < 4.78 is 33.2. The highest BCUT2D eigenvalue weighted by molar-refractivity contribution is 7.91. The van der Waals surface area contributed by atoms with Crippen LogP contribution in [0.15, 0.2) is 29.2 Å². The van der Waals surface area contributed by atoms with Crippen LogP contribution in [0.2, 0.25) is 0 Å². The van der Waals surface area contributed by atoms with Gasteiger partial charge in [0.15, 0.2) is 15.6 Å². The number of ketones is 1. The smallest absolute Gasteiger partial charge is 0.323 e. The van der Waals surface area contributed by atoms with Crippen LogP contribution in [0.4, 0.5) is 0 Å². The van der Waals surface area contributed by atoms with Crippen molar-refractivity contribution in [3.05, 3.63) is 52.3 Å². The van der Waals surface area contributed by atoms with Crippen LogP contribution in [-0.2, 0) is 38.8 Å². The second-order valence-corrected chi connectivity index (χ2v) is 13.2. The van der Waals surface area contributed by atoms with Crippen LogP contribution in [0.5, 0.6) is 0 Å². The number of sulfone groups is 1. The Morgan fingerprint density at radius 3 is 2.56 bits per heavy atom. The van der Waals surface area contributed by atoms with Gasteiger partial charge in [-0.1, -0.05) is 13.8 Å². The quantitative estimate of drug-likeness (QED) is 0.515. The minimum absolute atomic E-state index is 0.0191. The van der Waals surface area contributed by atoms with Crippen LogP contribution >= 0.6 is 0 Å². The van der Waals surface area contributed by atoms with E-state index >= 15 is 0 Å². The maximum absolute atomic E-state index is 13.7. The van der Waals surface area contributed by atoms with E-state index in [9.17, 15) is 23.1 Å². The Labute approximate surface area is 213 Å². The second kappa shape index (κ2) is 10.5. The zero-order chi connectivity index (χ0) is 26.1. The molecule has 0 amide bonds. The molecule has 0 saturated carbocycles. The standard InChI is InChI=1S/C28H37NO6S/c1-19-26(23-17-28(2,3)13-10-24(23)29(19)18-25(30)31)27(32)21-6-8-22(9-7-21)36(33,34)16-12-20-5-4-14-35-15-11-20/h6-9,20H,4-5,10-18H2,1-3H3,(H,30,31). The predicted octanol–water partition coefficient (Wildman–Crippen LogP) is 4.61. The first-order chi connectivity index (χ1) is 17.0. The normalized spacial score (nSPS) is 19.9. The van der Waals surface area contributed by atoms with Crippen LogP contribution in [0, 0.1) is 18.3 Å². The van der Waals surface area contributed by atoms with Crippen molar-refractivity contribution in [1.82, 2.24) is 4.57 Å². The van der Waals surface area contributed by atoms with Crippen molar-refractivity contribution >= 4 is 21.6 Å². The number of carboxylic acid groups (broad SMARTS) is 1. The van der Waals surface area contributed by atoms with Crippen molar-refractivity contribution in [2.75, 3.05) is 19.0 Å². The van der Waals surface area contributed by atoms with Crippen molar-refractivity contribution in [2.24, 2.45) is 11.3 Å². The molecule has 1 unspecified atom stereocenters. The molecular weight excluding hydrogens is 478 g/mol. The molecule has 196 valence electrons. The number of carbonyl (C=O) groups excluding carboxylic acids is 1. The SMILES string of the molecule is Cc1c(C(=O)c2ccc(S(=O)(=O)CCC3CCCOCC3)cc2)c2c(n1CC(=O)O)CCC(C)(C)C2. The molecule has 7 nitrogen and oxygen atoms in total. The summed E-state index contributed by atoms with van der Waals surface area (Å²) in [6.07, 6.45) is 5.83. The number of hydrogen-bond donors (Lipinski definition) is 1. The minimum Gasteiger partial charge on any atom is -0.480 e. The third kappa shape index (κ3) is 5.75. The number of carbonyl (C=O) groups is 2. The third-order valence-corrected chi connectivity index (χ3v) is 9.56.